The van der Waals surface area contributed by atoms with E-state index in [4.69, 9.17) is 15.2 Å². The molecule has 3 rings (SSSR count). The van der Waals surface area contributed by atoms with Crippen LogP contribution in [0.3, 0.4) is 0 Å². The van der Waals surface area contributed by atoms with Crippen LogP contribution in [0.15, 0.2) is 48.8 Å². The van der Waals surface area contributed by atoms with Gasteiger partial charge < -0.3 is 20.5 Å². The summed E-state index contributed by atoms with van der Waals surface area (Å²) < 4.78 is 9.47. The predicted molar refractivity (Wildman–Crippen MR) is 121 cm³/mol. The molecule has 0 aliphatic heterocycles. The fraction of sp³-hybridized carbons (Fsp3) is 0.136. The van der Waals surface area contributed by atoms with Gasteiger partial charge >= 0.3 is 11.9 Å². The average molecular weight is 450 g/mol. The van der Waals surface area contributed by atoms with E-state index in [0.29, 0.717) is 11.3 Å². The van der Waals surface area contributed by atoms with Gasteiger partial charge in [0, 0.05) is 11.3 Å². The fourth-order valence-electron chi connectivity index (χ4n) is 2.91. The number of hydrazine groups is 1. The number of nitrogens with zero attached hydrogens (tertiary/aromatic N) is 2. The molecule has 0 radical (unpaired) electrons. The highest BCUT2D eigenvalue weighted by atomic mass is 16.5. The maximum Gasteiger partial charge on any atom is 0.337 e. The molecule has 0 aliphatic carbocycles. The van der Waals surface area contributed by atoms with Crippen LogP contribution in [0.2, 0.25) is 0 Å². The molecule has 11 nitrogen and oxygen atoms in total. The van der Waals surface area contributed by atoms with Crippen molar-refractivity contribution in [1.29, 1.82) is 0 Å². The highest BCUT2D eigenvalue weighted by Gasteiger charge is 2.16. The van der Waals surface area contributed by atoms with Crippen molar-refractivity contribution in [2.75, 3.05) is 30.7 Å². The van der Waals surface area contributed by atoms with Crippen LogP contribution in [-0.4, -0.2) is 42.0 Å². The van der Waals surface area contributed by atoms with Gasteiger partial charge in [0.15, 0.2) is 11.6 Å². The Kier molecular flexibility index (Phi) is 7.03. The first-order valence-electron chi connectivity index (χ1n) is 9.65. The van der Waals surface area contributed by atoms with Crippen LogP contribution in [-0.2, 0) is 9.47 Å². The lowest BCUT2D eigenvalue weighted by Gasteiger charge is -2.14. The molecule has 0 spiro atoms. The second kappa shape index (κ2) is 10.1. The minimum absolute atomic E-state index is 0.0886. The molecule has 33 heavy (non-hydrogen) atoms. The third-order valence-corrected chi connectivity index (χ3v) is 4.61. The number of hydrogen-bond acceptors (Lipinski definition) is 10. The number of aromatic nitrogens is 2. The molecule has 1 amide bonds. The number of nitrogens with two attached hydrogens (primary N) is 1. The third-order valence-electron chi connectivity index (χ3n) is 4.61. The molecule has 3 aromatic rings. The number of hydrogen-bond donors (Lipinski definition) is 4. The Morgan fingerprint density at radius 3 is 2.12 bits per heavy atom. The SMILES string of the molecule is COC(=O)c1cc(Nc2ncnc(NNC(=O)c3ccccc3C)c2N)cc(C(=O)OC)c1. The maximum atomic E-state index is 12.4. The predicted octanol–water partition coefficient (Wildman–Crippen LogP) is 2.44. The number of esters is 2. The monoisotopic (exact) mass is 450 g/mol. The van der Waals surface area contributed by atoms with Crippen molar-refractivity contribution in [3.8, 4) is 0 Å². The number of rotatable bonds is 7. The van der Waals surface area contributed by atoms with Crippen molar-refractivity contribution >= 4 is 40.9 Å². The summed E-state index contributed by atoms with van der Waals surface area (Å²) in [6.45, 7) is 1.82. The van der Waals surface area contributed by atoms with Crippen LogP contribution < -0.4 is 21.9 Å². The normalized spacial score (nSPS) is 10.2. The standard InChI is InChI=1S/C22H22N6O5/c1-12-6-4-5-7-16(12)20(29)28-27-19-17(23)18(24-11-25-19)26-15-9-13(21(30)32-2)8-14(10-15)22(31)33-3/h4-11H,23H2,1-3H3,(H,28,29)(H2,24,25,26,27). The molecule has 1 heterocycles. The van der Waals surface area contributed by atoms with Crippen molar-refractivity contribution in [3.63, 3.8) is 0 Å². The first-order chi connectivity index (χ1) is 15.8. The molecule has 1 aromatic heterocycles. The summed E-state index contributed by atoms with van der Waals surface area (Å²) in [5.74, 6) is -1.32. The molecule has 170 valence electrons. The van der Waals surface area contributed by atoms with Crippen LogP contribution in [0.4, 0.5) is 23.0 Å². The number of carbonyl (C=O) groups is 3. The van der Waals surface area contributed by atoms with E-state index in [1.807, 2.05) is 19.1 Å². The molecule has 0 aliphatic rings. The molecule has 0 bridgehead atoms. The van der Waals surface area contributed by atoms with Gasteiger partial charge in [0.25, 0.3) is 5.91 Å². The molecular weight excluding hydrogens is 428 g/mol. The zero-order valence-corrected chi connectivity index (χ0v) is 18.1. The highest BCUT2D eigenvalue weighted by molar-refractivity contribution is 5.98. The van der Waals surface area contributed by atoms with Crippen molar-refractivity contribution in [2.24, 2.45) is 0 Å². The van der Waals surface area contributed by atoms with Crippen LogP contribution in [0.5, 0.6) is 0 Å². The molecule has 11 heteroatoms. The van der Waals surface area contributed by atoms with Gasteiger partial charge in [-0.15, -0.1) is 0 Å². The summed E-state index contributed by atoms with van der Waals surface area (Å²) in [5, 5.41) is 2.94. The average Bonchev–Trinajstić information content (AvgIpc) is 2.83. The van der Waals surface area contributed by atoms with Crippen LogP contribution in [0, 0.1) is 6.92 Å². The Morgan fingerprint density at radius 2 is 1.52 bits per heavy atom. The summed E-state index contributed by atoms with van der Waals surface area (Å²) in [6, 6.07) is 11.4. The Morgan fingerprint density at radius 1 is 0.909 bits per heavy atom. The number of benzene rings is 2. The molecule has 0 saturated carbocycles. The number of carbonyl (C=O) groups excluding carboxylic acids is 3. The minimum atomic E-state index is -0.638. The molecule has 2 aromatic carbocycles. The lowest BCUT2D eigenvalue weighted by Crippen LogP contribution is -2.30. The largest absolute Gasteiger partial charge is 0.465 e. The van der Waals surface area contributed by atoms with E-state index in [1.54, 1.807) is 12.1 Å². The quantitative estimate of drug-likeness (QED) is 0.311. The van der Waals surface area contributed by atoms with Gasteiger partial charge in [0.05, 0.1) is 25.3 Å². The maximum absolute atomic E-state index is 12.4. The molecule has 0 atom stereocenters. The zero-order valence-electron chi connectivity index (χ0n) is 18.1. The van der Waals surface area contributed by atoms with Gasteiger partial charge in [-0.1, -0.05) is 18.2 Å². The van der Waals surface area contributed by atoms with Gasteiger partial charge in [-0.25, -0.2) is 19.6 Å². The summed E-state index contributed by atoms with van der Waals surface area (Å²) in [4.78, 5) is 44.5. The van der Waals surface area contributed by atoms with Gasteiger partial charge in [-0.2, -0.15) is 0 Å². The minimum Gasteiger partial charge on any atom is -0.465 e. The second-order valence-electron chi connectivity index (χ2n) is 6.79. The number of aryl methyl sites for hydroxylation is 1. The fourth-order valence-corrected chi connectivity index (χ4v) is 2.91. The number of ether oxygens (including phenoxy) is 2. The van der Waals surface area contributed by atoms with Gasteiger partial charge in [-0.3, -0.25) is 15.6 Å². The summed E-state index contributed by atoms with van der Waals surface area (Å²) in [6.07, 6.45) is 1.23. The van der Waals surface area contributed by atoms with Crippen LogP contribution in [0.25, 0.3) is 0 Å². The number of anilines is 4. The highest BCUT2D eigenvalue weighted by Crippen LogP contribution is 2.27. The van der Waals surface area contributed by atoms with Gasteiger partial charge in [0.1, 0.15) is 12.0 Å². The topological polar surface area (TPSA) is 158 Å². The van der Waals surface area contributed by atoms with Crippen LogP contribution in [0.1, 0.15) is 36.6 Å². The van der Waals surface area contributed by atoms with Crippen LogP contribution >= 0.6 is 0 Å². The first-order valence-corrected chi connectivity index (χ1v) is 9.65. The van der Waals surface area contributed by atoms with E-state index in [9.17, 15) is 14.4 Å². The van der Waals surface area contributed by atoms with E-state index >= 15 is 0 Å². The van der Waals surface area contributed by atoms with Crippen molar-refractivity contribution < 1.29 is 23.9 Å². The Bertz CT molecular complexity index is 1180. The Balaban J connectivity index is 1.83. The number of amides is 1. The lowest BCUT2D eigenvalue weighted by atomic mass is 10.1. The van der Waals surface area contributed by atoms with E-state index in [1.165, 1.54) is 38.7 Å². The summed E-state index contributed by atoms with van der Waals surface area (Å²) >= 11 is 0. The number of methoxy groups -OCH3 is 2. The van der Waals surface area contributed by atoms with E-state index in [-0.39, 0.29) is 34.4 Å². The number of nitrogens with one attached hydrogen (secondary N) is 3. The molecule has 0 unspecified atom stereocenters. The molecule has 0 saturated heterocycles. The third kappa shape index (κ3) is 5.34. The van der Waals surface area contributed by atoms with E-state index in [2.05, 4.69) is 26.1 Å². The smallest absolute Gasteiger partial charge is 0.337 e. The summed E-state index contributed by atoms with van der Waals surface area (Å²) in [5.41, 5.74) is 13.3. The molecule has 0 fully saturated rings. The molecule has 5 N–H and O–H groups in total. The van der Waals surface area contributed by atoms with Gasteiger partial charge in [0.2, 0.25) is 0 Å². The lowest BCUT2D eigenvalue weighted by molar-refractivity contribution is 0.0599. The Hall–Kier alpha value is -4.67. The van der Waals surface area contributed by atoms with E-state index < -0.39 is 11.9 Å². The summed E-state index contributed by atoms with van der Waals surface area (Å²) in [7, 11) is 2.46. The second-order valence-corrected chi connectivity index (χ2v) is 6.79. The first kappa shape index (κ1) is 23.0. The zero-order chi connectivity index (χ0) is 24.0. The van der Waals surface area contributed by atoms with E-state index in [0.717, 1.165) is 5.56 Å². The van der Waals surface area contributed by atoms with Crippen molar-refractivity contribution in [3.05, 3.63) is 71.0 Å². The van der Waals surface area contributed by atoms with Crippen molar-refractivity contribution in [1.82, 2.24) is 15.4 Å². The number of nitrogen functional groups attached to an aromatic ring is 1. The van der Waals surface area contributed by atoms with Crippen molar-refractivity contribution in [2.45, 2.75) is 6.92 Å². The Labute approximate surface area is 189 Å². The van der Waals surface area contributed by atoms with Gasteiger partial charge in [-0.05, 0) is 36.8 Å². The molecular formula is C22H22N6O5.